The molecule has 4 aliphatic rings. The monoisotopic (exact) mass is 1050 g/mol. The van der Waals surface area contributed by atoms with Gasteiger partial charge in [0.25, 0.3) is 5.91 Å². The first kappa shape index (κ1) is 58.1. The van der Waals surface area contributed by atoms with Gasteiger partial charge in [0.05, 0.1) is 34.8 Å². The zero-order chi connectivity index (χ0) is 46.2. The number of hydrogen-bond acceptors (Lipinski definition) is 11. The Bertz CT molecular complexity index is 2420. The van der Waals surface area contributed by atoms with Gasteiger partial charge < -0.3 is 33.9 Å². The Labute approximate surface area is 439 Å². The molecule has 1 aromatic carbocycles. The fourth-order valence-corrected chi connectivity index (χ4v) is 11.4. The van der Waals surface area contributed by atoms with Crippen LogP contribution in [0.1, 0.15) is 102 Å². The number of carbonyl (C=O) groups is 4. The minimum absolute atomic E-state index is 0. The van der Waals surface area contributed by atoms with Crippen LogP contribution in [-0.4, -0.2) is 124 Å². The van der Waals surface area contributed by atoms with E-state index in [4.69, 9.17) is 24.2 Å². The molecule has 1 spiro atoms. The van der Waals surface area contributed by atoms with Crippen molar-refractivity contribution in [2.24, 2.45) is 11.3 Å². The molecule has 7 heterocycles. The second-order valence-corrected chi connectivity index (χ2v) is 20.4. The number of hydrazine groups is 1. The van der Waals surface area contributed by atoms with E-state index in [1.165, 1.54) is 16.3 Å². The average molecular weight is 1050 g/mol. The van der Waals surface area contributed by atoms with Crippen LogP contribution >= 0.6 is 65.3 Å². The van der Waals surface area contributed by atoms with E-state index in [1.54, 1.807) is 25.3 Å². The Balaban J connectivity index is 0.00000259. The lowest BCUT2D eigenvalue weighted by molar-refractivity contribution is -0.155. The topological polar surface area (TPSA) is 160 Å². The number of hydrogen-bond donors (Lipinski definition) is 2. The molecule has 4 atom stereocenters. The van der Waals surface area contributed by atoms with Crippen LogP contribution in [0.15, 0.2) is 41.9 Å². The van der Waals surface area contributed by atoms with Crippen molar-refractivity contribution in [3.63, 3.8) is 0 Å². The van der Waals surface area contributed by atoms with E-state index >= 15 is 0 Å². The van der Waals surface area contributed by atoms with E-state index in [9.17, 15) is 19.2 Å². The zero-order valence-electron chi connectivity index (χ0n) is 41.3. The lowest BCUT2D eigenvalue weighted by Crippen LogP contribution is -2.63. The fourth-order valence-electron chi connectivity index (χ4n) is 10.6. The van der Waals surface area contributed by atoms with Crippen molar-refractivity contribution >= 4 is 100 Å². The van der Waals surface area contributed by atoms with Crippen molar-refractivity contribution in [2.45, 2.75) is 129 Å². The van der Waals surface area contributed by atoms with Crippen molar-refractivity contribution in [1.29, 1.82) is 0 Å². The smallest absolute Gasteiger partial charge is 0.324 e. The predicted octanol–water partition coefficient (Wildman–Crippen LogP) is 7.38. The highest BCUT2D eigenvalue weighted by atomic mass is 32.1. The number of carbonyl (C=O) groups excluding carboxylic acids is 4. The van der Waals surface area contributed by atoms with Crippen molar-refractivity contribution in [3.05, 3.63) is 58.2 Å². The molecule has 0 radical (unpaired) electrons. The molecule has 4 aliphatic heterocycles. The van der Waals surface area contributed by atoms with Crippen molar-refractivity contribution in [1.82, 2.24) is 40.1 Å². The molecule has 4 aromatic rings. The van der Waals surface area contributed by atoms with Crippen LogP contribution < -0.4 is 10.7 Å². The highest BCUT2D eigenvalue weighted by Gasteiger charge is 2.47. The number of likely N-dealkylation sites (tertiary alicyclic amines) is 1. The lowest BCUT2D eigenvalue weighted by Gasteiger charge is -2.44. The van der Waals surface area contributed by atoms with Gasteiger partial charge in [0.15, 0.2) is 0 Å². The van der Waals surface area contributed by atoms with E-state index in [1.807, 2.05) is 37.1 Å². The number of nitrogens with zero attached hydrogens (tertiary/aromatic N) is 6. The average Bonchev–Trinajstić information content (AvgIpc) is 4.02. The van der Waals surface area contributed by atoms with Crippen molar-refractivity contribution < 1.29 is 33.4 Å². The SMILES string of the molecule is CCn1c(-c2cccnc2[C@H](C)OC)c2c3cc(ccc31)-c1csc(n1)C[C@H](NC(=O)[C@H](C(C)C)N(C)C(=O)N1CCCC13CCOCC3)C(=O)N1CCC[C@H](N1)C(=O)OCC(C)(C)C2.S.S.S.S. The Kier molecular flexibility index (Phi) is 20.4. The number of likely N-dealkylation sites (N-methyl/N-ethyl adjacent to an activating group) is 1. The standard InChI is InChI=1S/C49H66N8O7S.4H2S/c1-9-55-39-16-15-32-25-34(39)35(43(55)33-13-10-20-50-41(33)31(4)62-8)27-48(5,6)29-64-46(60)36-14-11-22-57(53-36)45(59)37(26-40-51-38(32)28-65-40)52-44(58)42(30(2)3)54(7)47(61)56-21-12-17-49(56)18-23-63-24-19-49;;;;/h10,13,15-16,20,25,28,30-31,36-37,42,53H,9,11-12,14,17-19,21-24,26-27,29H2,1-8H3,(H,52,58);4*1H2/t31-,36-,37-,42-;;;;/m0..../s1. The Morgan fingerprint density at radius 2 is 1.78 bits per heavy atom. The van der Waals surface area contributed by atoms with E-state index in [-0.39, 0.29) is 96.5 Å². The summed E-state index contributed by atoms with van der Waals surface area (Å²) in [6.45, 7) is 15.2. The summed E-state index contributed by atoms with van der Waals surface area (Å²) in [5.41, 5.74) is 9.15. The Hall–Kier alpha value is -3.50. The fraction of sp³-hybridized carbons (Fsp3) is 0.592. The molecule has 0 saturated carbocycles. The van der Waals surface area contributed by atoms with Gasteiger partial charge in [-0.2, -0.15) is 54.0 Å². The number of benzene rings is 1. The first-order valence-corrected chi connectivity index (χ1v) is 24.3. The molecule has 382 valence electrons. The molecule has 15 nitrogen and oxygen atoms in total. The number of fused-ring (bicyclic) bond motifs is 6. The summed E-state index contributed by atoms with van der Waals surface area (Å²) < 4.78 is 19.9. The van der Waals surface area contributed by atoms with Crippen LogP contribution in [0.3, 0.4) is 0 Å². The van der Waals surface area contributed by atoms with Gasteiger partial charge in [-0.15, -0.1) is 11.3 Å². The van der Waals surface area contributed by atoms with Crippen LogP contribution in [0, 0.1) is 11.3 Å². The predicted molar refractivity (Wildman–Crippen MR) is 291 cm³/mol. The first-order valence-electron chi connectivity index (χ1n) is 23.4. The molecule has 3 saturated heterocycles. The van der Waals surface area contributed by atoms with E-state index in [0.717, 1.165) is 70.4 Å². The summed E-state index contributed by atoms with van der Waals surface area (Å²) in [6.07, 6.45) is 6.67. The molecule has 3 fully saturated rings. The largest absolute Gasteiger partial charge is 0.464 e. The second kappa shape index (κ2) is 24.3. The summed E-state index contributed by atoms with van der Waals surface area (Å²) in [7, 11) is 3.38. The zero-order valence-corrected chi connectivity index (χ0v) is 46.1. The molecule has 0 aliphatic carbocycles. The first-order chi connectivity index (χ1) is 31.1. The molecule has 4 amide bonds. The third kappa shape index (κ3) is 11.9. The normalized spacial score (nSPS) is 20.9. The molecule has 8 rings (SSSR count). The number of methoxy groups -OCH3 is 1. The van der Waals surface area contributed by atoms with Gasteiger partial charge in [0.2, 0.25) is 5.91 Å². The van der Waals surface area contributed by atoms with Gasteiger partial charge in [-0.3, -0.25) is 24.4 Å². The quantitative estimate of drug-likeness (QED) is 0.171. The van der Waals surface area contributed by atoms with Crippen molar-refractivity contribution in [2.75, 3.05) is 47.1 Å². The third-order valence-corrected chi connectivity index (χ3v) is 14.9. The van der Waals surface area contributed by atoms with Crippen LogP contribution in [0.5, 0.6) is 0 Å². The summed E-state index contributed by atoms with van der Waals surface area (Å²) in [5, 5.41) is 8.27. The molecule has 69 heavy (non-hydrogen) atoms. The Morgan fingerprint density at radius 3 is 2.48 bits per heavy atom. The highest BCUT2D eigenvalue weighted by molar-refractivity contribution is 7.59. The molecular weight excluding hydrogens is 973 g/mol. The minimum atomic E-state index is -1.04. The number of aromatic nitrogens is 3. The molecule has 20 heteroatoms. The van der Waals surface area contributed by atoms with Crippen LogP contribution in [-0.2, 0) is 48.0 Å². The molecule has 2 N–H and O–H groups in total. The van der Waals surface area contributed by atoms with Gasteiger partial charge in [-0.1, -0.05) is 33.8 Å². The highest BCUT2D eigenvalue weighted by Crippen LogP contribution is 2.42. The molecule has 6 bridgehead atoms. The number of esters is 1. The number of urea groups is 1. The van der Waals surface area contributed by atoms with Gasteiger partial charge in [0, 0.05) is 98.0 Å². The maximum atomic E-state index is 14.7. The van der Waals surface area contributed by atoms with Gasteiger partial charge in [-0.25, -0.2) is 15.2 Å². The lowest BCUT2D eigenvalue weighted by atomic mass is 9.84. The van der Waals surface area contributed by atoms with E-state index in [2.05, 4.69) is 60.3 Å². The second-order valence-electron chi connectivity index (χ2n) is 19.4. The summed E-state index contributed by atoms with van der Waals surface area (Å²) >= 11 is 1.43. The number of rotatable bonds is 8. The number of nitrogens with one attached hydrogen (secondary N) is 2. The van der Waals surface area contributed by atoms with Crippen molar-refractivity contribution in [3.8, 4) is 22.5 Å². The summed E-state index contributed by atoms with van der Waals surface area (Å²) in [4.78, 5) is 70.9. The van der Waals surface area contributed by atoms with E-state index < -0.39 is 35.4 Å². The number of amides is 4. The minimum Gasteiger partial charge on any atom is -0.464 e. The van der Waals surface area contributed by atoms with Crippen LogP contribution in [0.4, 0.5) is 4.79 Å². The molecule has 0 unspecified atom stereocenters. The molecular formula is C49H74N8O7S5. The maximum Gasteiger partial charge on any atom is 0.324 e. The molecule has 3 aromatic heterocycles. The number of pyridine rings is 1. The summed E-state index contributed by atoms with van der Waals surface area (Å²) in [5.74, 6) is -1.50. The van der Waals surface area contributed by atoms with Gasteiger partial charge in [0.1, 0.15) is 18.1 Å². The van der Waals surface area contributed by atoms with Crippen LogP contribution in [0.25, 0.3) is 33.4 Å². The third-order valence-electron chi connectivity index (χ3n) is 14.0. The van der Waals surface area contributed by atoms with E-state index in [0.29, 0.717) is 57.1 Å². The number of aryl methyl sites for hydroxylation is 1. The number of ether oxygens (including phenoxy) is 3. The van der Waals surface area contributed by atoms with Gasteiger partial charge >= 0.3 is 12.0 Å². The van der Waals surface area contributed by atoms with Crippen LogP contribution in [0.2, 0.25) is 0 Å². The number of cyclic esters (lactones) is 1. The van der Waals surface area contributed by atoms with Gasteiger partial charge in [-0.05, 0) is 94.5 Å². The Morgan fingerprint density at radius 1 is 1.04 bits per heavy atom. The summed E-state index contributed by atoms with van der Waals surface area (Å²) in [6, 6.07) is 7.64. The maximum absolute atomic E-state index is 14.7. The number of thiazole rings is 1.